The number of hydrogen-bond acceptors (Lipinski definition) is 7. The zero-order valence-electron chi connectivity index (χ0n) is 17.7. The molecule has 162 valence electrons. The molecule has 29 heavy (non-hydrogen) atoms. The number of ether oxygens (including phenoxy) is 2. The molecular formula is C22H34N2O5. The molecule has 7 heteroatoms. The molecule has 4 unspecified atom stereocenters. The summed E-state index contributed by atoms with van der Waals surface area (Å²) >= 11 is 0. The lowest BCUT2D eigenvalue weighted by Gasteiger charge is -2.35. The fraction of sp³-hybridized carbons (Fsp3) is 0.455. The Kier molecular flexibility index (Phi) is 14.3. The molecule has 1 saturated heterocycles. The topological polar surface area (TPSA) is 104 Å². The van der Waals surface area contributed by atoms with Gasteiger partial charge in [0.15, 0.2) is 0 Å². The SMILES string of the molecule is C=C\C=C/C(=C\C=C/C)C/C(C=NC)=C(/N=C)OC1OCC(O)C(O)C1O.CC. The minimum Gasteiger partial charge on any atom is -0.445 e. The third-order valence-corrected chi connectivity index (χ3v) is 3.73. The third-order valence-electron chi connectivity index (χ3n) is 3.73. The van der Waals surface area contributed by atoms with E-state index >= 15 is 0 Å². The van der Waals surface area contributed by atoms with Crippen LogP contribution in [0.1, 0.15) is 27.2 Å². The second-order valence-electron chi connectivity index (χ2n) is 5.78. The van der Waals surface area contributed by atoms with Gasteiger partial charge < -0.3 is 24.8 Å². The van der Waals surface area contributed by atoms with Crippen molar-refractivity contribution in [1.29, 1.82) is 0 Å². The van der Waals surface area contributed by atoms with Gasteiger partial charge in [-0.2, -0.15) is 0 Å². The molecule has 0 bridgehead atoms. The van der Waals surface area contributed by atoms with Crippen molar-refractivity contribution in [2.24, 2.45) is 9.98 Å². The molecule has 0 aromatic heterocycles. The van der Waals surface area contributed by atoms with Gasteiger partial charge in [-0.1, -0.05) is 56.9 Å². The first-order chi connectivity index (χ1) is 14.0. The van der Waals surface area contributed by atoms with Crippen molar-refractivity contribution in [3.8, 4) is 0 Å². The highest BCUT2D eigenvalue weighted by Gasteiger charge is 2.39. The van der Waals surface area contributed by atoms with Crippen molar-refractivity contribution in [2.45, 2.75) is 51.8 Å². The van der Waals surface area contributed by atoms with Gasteiger partial charge in [-0.3, -0.25) is 4.99 Å². The summed E-state index contributed by atoms with van der Waals surface area (Å²) in [6, 6.07) is 0. The monoisotopic (exact) mass is 406 g/mol. The summed E-state index contributed by atoms with van der Waals surface area (Å²) in [7, 11) is 1.61. The Labute approximate surface area is 173 Å². The lowest BCUT2D eigenvalue weighted by Crippen LogP contribution is -2.53. The van der Waals surface area contributed by atoms with Gasteiger partial charge in [0.2, 0.25) is 12.2 Å². The molecule has 1 aliphatic heterocycles. The molecule has 0 saturated carbocycles. The van der Waals surface area contributed by atoms with E-state index in [0.29, 0.717) is 12.0 Å². The van der Waals surface area contributed by atoms with Gasteiger partial charge in [0, 0.05) is 25.3 Å². The van der Waals surface area contributed by atoms with Crippen LogP contribution < -0.4 is 0 Å². The third kappa shape index (κ3) is 9.15. The van der Waals surface area contributed by atoms with E-state index in [2.05, 4.69) is 23.3 Å². The summed E-state index contributed by atoms with van der Waals surface area (Å²) in [6.45, 7) is 12.9. The number of rotatable bonds is 9. The van der Waals surface area contributed by atoms with Crippen LogP contribution in [0.3, 0.4) is 0 Å². The fourth-order valence-corrected chi connectivity index (χ4v) is 2.34. The average Bonchev–Trinajstić information content (AvgIpc) is 2.74. The van der Waals surface area contributed by atoms with Crippen LogP contribution in [0, 0.1) is 0 Å². The van der Waals surface area contributed by atoms with Crippen molar-refractivity contribution in [3.63, 3.8) is 0 Å². The predicted octanol–water partition coefficient (Wildman–Crippen LogP) is 2.72. The van der Waals surface area contributed by atoms with Crippen LogP contribution in [-0.2, 0) is 9.47 Å². The number of hydrogen-bond donors (Lipinski definition) is 3. The Hall–Kier alpha value is -2.32. The van der Waals surface area contributed by atoms with Gasteiger partial charge in [0.05, 0.1) is 6.61 Å². The van der Waals surface area contributed by atoms with Crippen LogP contribution in [0.4, 0.5) is 0 Å². The Morgan fingerprint density at radius 1 is 1.21 bits per heavy atom. The highest BCUT2D eigenvalue weighted by molar-refractivity contribution is 5.80. The Morgan fingerprint density at radius 3 is 2.45 bits per heavy atom. The molecule has 1 aliphatic rings. The highest BCUT2D eigenvalue weighted by Crippen LogP contribution is 2.23. The summed E-state index contributed by atoms with van der Waals surface area (Å²) in [4.78, 5) is 7.91. The summed E-state index contributed by atoms with van der Waals surface area (Å²) in [6.07, 6.45) is 7.94. The van der Waals surface area contributed by atoms with Crippen LogP contribution in [-0.4, -0.2) is 66.5 Å². The lowest BCUT2D eigenvalue weighted by molar-refractivity contribution is -0.258. The molecule has 0 spiro atoms. The van der Waals surface area contributed by atoms with Crippen molar-refractivity contribution >= 4 is 12.9 Å². The first kappa shape index (κ1) is 26.7. The van der Waals surface area contributed by atoms with Gasteiger partial charge in [-0.15, -0.1) is 0 Å². The quantitative estimate of drug-likeness (QED) is 0.310. The van der Waals surface area contributed by atoms with E-state index in [4.69, 9.17) is 9.47 Å². The molecule has 0 aromatic carbocycles. The van der Waals surface area contributed by atoms with E-state index in [1.54, 1.807) is 19.3 Å². The van der Waals surface area contributed by atoms with Gasteiger partial charge in [0.1, 0.15) is 18.3 Å². The Bertz CT molecular complexity index is 650. The van der Waals surface area contributed by atoms with E-state index < -0.39 is 24.6 Å². The van der Waals surface area contributed by atoms with Crippen molar-refractivity contribution in [1.82, 2.24) is 0 Å². The lowest BCUT2D eigenvalue weighted by atomic mass is 10.0. The number of allylic oxidation sites excluding steroid dienone is 8. The van der Waals surface area contributed by atoms with E-state index in [1.165, 1.54) is 0 Å². The normalized spacial score (nSPS) is 26.2. The second kappa shape index (κ2) is 15.6. The largest absolute Gasteiger partial charge is 0.445 e. The van der Waals surface area contributed by atoms with Crippen LogP contribution in [0.25, 0.3) is 0 Å². The second-order valence-corrected chi connectivity index (χ2v) is 5.78. The van der Waals surface area contributed by atoms with E-state index in [1.807, 2.05) is 51.2 Å². The molecule has 3 N–H and O–H groups in total. The smallest absolute Gasteiger partial charge is 0.230 e. The fourth-order valence-electron chi connectivity index (χ4n) is 2.34. The van der Waals surface area contributed by atoms with E-state index in [9.17, 15) is 15.3 Å². The molecule has 0 aromatic rings. The number of nitrogens with zero attached hydrogens (tertiary/aromatic N) is 2. The van der Waals surface area contributed by atoms with Gasteiger partial charge in [0.25, 0.3) is 0 Å². The molecule has 4 atom stereocenters. The molecule has 0 aliphatic carbocycles. The molecule has 7 nitrogen and oxygen atoms in total. The molecule has 0 amide bonds. The molecule has 1 rings (SSSR count). The zero-order chi connectivity index (χ0) is 22.2. The molecule has 0 radical (unpaired) electrons. The standard InChI is InChI=1S/C20H28N2O5.C2H6/c1-5-7-9-14(10-8-6-2)11-15(12-21-3)19(22-4)27-20-18(25)17(24)16(23)13-26-20;1-2/h5-10,12,16-18,20,23-25H,1,4,11,13H2,2-3H3;1-2H3/b8-6-,9-7-,14-10+,19-15+,21-12?;. The first-order valence-electron chi connectivity index (χ1n) is 9.53. The maximum Gasteiger partial charge on any atom is 0.230 e. The molecular weight excluding hydrogens is 372 g/mol. The summed E-state index contributed by atoms with van der Waals surface area (Å²) in [5, 5.41) is 29.4. The van der Waals surface area contributed by atoms with Crippen molar-refractivity contribution in [2.75, 3.05) is 13.7 Å². The Morgan fingerprint density at radius 2 is 1.90 bits per heavy atom. The van der Waals surface area contributed by atoms with Crippen LogP contribution in [0.2, 0.25) is 0 Å². The molecule has 1 fully saturated rings. The maximum atomic E-state index is 10.1. The summed E-state index contributed by atoms with van der Waals surface area (Å²) in [5.74, 6) is 0.117. The maximum absolute atomic E-state index is 10.1. The van der Waals surface area contributed by atoms with Crippen LogP contribution >= 0.6 is 0 Å². The average molecular weight is 407 g/mol. The van der Waals surface area contributed by atoms with Crippen molar-refractivity contribution in [3.05, 3.63) is 60.1 Å². The van der Waals surface area contributed by atoms with Crippen LogP contribution in [0.15, 0.2) is 70.0 Å². The van der Waals surface area contributed by atoms with Gasteiger partial charge >= 0.3 is 0 Å². The summed E-state index contributed by atoms with van der Waals surface area (Å²) < 4.78 is 10.9. The Balaban J connectivity index is 0.00000379. The zero-order valence-corrected chi connectivity index (χ0v) is 17.7. The number of aliphatic hydroxyl groups excluding tert-OH is 3. The molecule has 1 heterocycles. The van der Waals surface area contributed by atoms with Gasteiger partial charge in [-0.25, -0.2) is 4.99 Å². The number of aliphatic hydroxyl groups is 3. The minimum absolute atomic E-state index is 0.117. The first-order valence-corrected chi connectivity index (χ1v) is 9.53. The minimum atomic E-state index is -1.43. The van der Waals surface area contributed by atoms with E-state index in [-0.39, 0.29) is 12.5 Å². The van der Waals surface area contributed by atoms with Crippen LogP contribution in [0.5, 0.6) is 0 Å². The van der Waals surface area contributed by atoms with Gasteiger partial charge in [-0.05, 0) is 19.2 Å². The summed E-state index contributed by atoms with van der Waals surface area (Å²) in [5.41, 5.74) is 1.54. The van der Waals surface area contributed by atoms with E-state index in [0.717, 1.165) is 5.57 Å². The number of aliphatic imine (C=N–C) groups is 2. The van der Waals surface area contributed by atoms with Crippen molar-refractivity contribution < 1.29 is 24.8 Å². The predicted molar refractivity (Wildman–Crippen MR) is 118 cm³/mol. The highest BCUT2D eigenvalue weighted by atomic mass is 16.7.